The summed E-state index contributed by atoms with van der Waals surface area (Å²) >= 11 is 0. The zero-order valence-corrected chi connectivity index (χ0v) is 19.2. The maximum absolute atomic E-state index is 13.7. The minimum Gasteiger partial charge on any atom is -0.391 e. The van der Waals surface area contributed by atoms with Gasteiger partial charge in [0.1, 0.15) is 5.82 Å². The second-order valence-corrected chi connectivity index (χ2v) is 8.00. The number of halogens is 1. The van der Waals surface area contributed by atoms with E-state index in [0.29, 0.717) is 52.4 Å². The van der Waals surface area contributed by atoms with Gasteiger partial charge in [-0.05, 0) is 57.5 Å². The van der Waals surface area contributed by atoms with Crippen molar-refractivity contribution in [3.63, 3.8) is 0 Å². The summed E-state index contributed by atoms with van der Waals surface area (Å²) < 4.78 is 13.7. The lowest BCUT2D eigenvalue weighted by Gasteiger charge is -2.20. The van der Waals surface area contributed by atoms with Crippen LogP contribution >= 0.6 is 0 Å². The topological polar surface area (TPSA) is 115 Å². The molecule has 9 heteroatoms. The van der Waals surface area contributed by atoms with E-state index < -0.39 is 17.8 Å². The van der Waals surface area contributed by atoms with Crippen molar-refractivity contribution in [2.75, 3.05) is 25.0 Å². The predicted octanol–water partition coefficient (Wildman–Crippen LogP) is 2.61. The Kier molecular flexibility index (Phi) is 7.33. The molecule has 1 aliphatic rings. The maximum Gasteiger partial charge on any atom is 0.256 e. The maximum atomic E-state index is 13.7. The molecule has 176 valence electrons. The number of H-pyrrole nitrogens is 1. The Labute approximate surface area is 191 Å². The predicted molar refractivity (Wildman–Crippen MR) is 124 cm³/mol. The molecule has 2 heterocycles. The Bertz CT molecular complexity index is 1120. The monoisotopic (exact) mass is 456 g/mol. The largest absolute Gasteiger partial charge is 0.391 e. The minimum absolute atomic E-state index is 0.0681. The Morgan fingerprint density at radius 1 is 1.24 bits per heavy atom. The summed E-state index contributed by atoms with van der Waals surface area (Å²) in [7, 11) is 0. The molecule has 1 atom stereocenters. The van der Waals surface area contributed by atoms with Gasteiger partial charge in [-0.25, -0.2) is 4.39 Å². The van der Waals surface area contributed by atoms with Gasteiger partial charge in [-0.3, -0.25) is 14.4 Å². The van der Waals surface area contributed by atoms with Gasteiger partial charge in [-0.15, -0.1) is 0 Å². The standard InChI is InChI=1S/C24H29FN4O4/c1-5-29(6-2)21(31)10-16(30)12-26-24(33)22-13(3)20(27-14(22)4)11-18-17-9-15(25)7-8-19(17)28-23(18)32/h7-9,11,16,27,30H,5-6,10,12H2,1-4H3,(H,26,33)(H,28,32). The molecule has 0 radical (unpaired) electrons. The molecule has 0 fully saturated rings. The van der Waals surface area contributed by atoms with Gasteiger partial charge in [-0.1, -0.05) is 0 Å². The molecule has 0 bridgehead atoms. The molecule has 2 aromatic rings. The fourth-order valence-corrected chi connectivity index (χ4v) is 3.99. The highest BCUT2D eigenvalue weighted by molar-refractivity contribution is 6.34. The van der Waals surface area contributed by atoms with Gasteiger partial charge < -0.3 is 25.6 Å². The highest BCUT2D eigenvalue weighted by atomic mass is 19.1. The highest BCUT2D eigenvalue weighted by Crippen LogP contribution is 2.34. The molecule has 0 spiro atoms. The van der Waals surface area contributed by atoms with Crippen molar-refractivity contribution in [1.82, 2.24) is 15.2 Å². The quantitative estimate of drug-likeness (QED) is 0.457. The number of aliphatic hydroxyl groups is 1. The number of rotatable bonds is 8. The zero-order chi connectivity index (χ0) is 24.3. The second-order valence-electron chi connectivity index (χ2n) is 8.00. The average molecular weight is 457 g/mol. The Hall–Kier alpha value is -3.46. The number of aryl methyl sites for hydroxylation is 1. The van der Waals surface area contributed by atoms with Crippen LogP contribution in [0.15, 0.2) is 18.2 Å². The molecule has 1 aromatic heterocycles. The summed E-state index contributed by atoms with van der Waals surface area (Å²) in [6.45, 7) is 8.25. The van der Waals surface area contributed by atoms with Crippen LogP contribution in [0.2, 0.25) is 0 Å². The molecular weight excluding hydrogens is 427 g/mol. The first-order chi connectivity index (χ1) is 15.7. The van der Waals surface area contributed by atoms with Crippen molar-refractivity contribution in [3.05, 3.63) is 52.1 Å². The van der Waals surface area contributed by atoms with Crippen molar-refractivity contribution >= 4 is 35.1 Å². The number of anilines is 1. The first-order valence-electron chi connectivity index (χ1n) is 10.9. The summed E-state index contributed by atoms with van der Waals surface area (Å²) in [6, 6.07) is 4.07. The van der Waals surface area contributed by atoms with Crippen molar-refractivity contribution in [2.45, 2.75) is 40.2 Å². The lowest BCUT2D eigenvalue weighted by Crippen LogP contribution is -2.38. The van der Waals surface area contributed by atoms with Gasteiger partial charge in [0, 0.05) is 42.3 Å². The number of nitrogens with zero attached hydrogens (tertiary/aromatic N) is 1. The van der Waals surface area contributed by atoms with Crippen molar-refractivity contribution < 1.29 is 23.9 Å². The third-order valence-electron chi connectivity index (χ3n) is 5.78. The van der Waals surface area contributed by atoms with Crippen LogP contribution in [0, 0.1) is 19.7 Å². The van der Waals surface area contributed by atoms with Gasteiger partial charge in [0.15, 0.2) is 0 Å². The fourth-order valence-electron chi connectivity index (χ4n) is 3.99. The summed E-state index contributed by atoms with van der Waals surface area (Å²) in [5.74, 6) is -1.37. The van der Waals surface area contributed by atoms with E-state index in [0.717, 1.165) is 0 Å². The molecule has 33 heavy (non-hydrogen) atoms. The van der Waals surface area contributed by atoms with Crippen molar-refractivity contribution in [2.24, 2.45) is 0 Å². The number of carbonyl (C=O) groups is 3. The molecule has 4 N–H and O–H groups in total. The normalized spacial score (nSPS) is 14.7. The van der Waals surface area contributed by atoms with Gasteiger partial charge in [0.05, 0.1) is 23.7 Å². The lowest BCUT2D eigenvalue weighted by molar-refractivity contribution is -0.132. The third kappa shape index (κ3) is 5.14. The van der Waals surface area contributed by atoms with E-state index in [2.05, 4.69) is 15.6 Å². The van der Waals surface area contributed by atoms with Gasteiger partial charge in [0.25, 0.3) is 11.8 Å². The molecule has 3 amide bonds. The second kappa shape index (κ2) is 9.99. The highest BCUT2D eigenvalue weighted by Gasteiger charge is 2.26. The van der Waals surface area contributed by atoms with E-state index in [1.807, 2.05) is 13.8 Å². The van der Waals surface area contributed by atoms with Crippen LogP contribution in [0.1, 0.15) is 53.1 Å². The minimum atomic E-state index is -1.00. The number of nitrogens with one attached hydrogen (secondary N) is 3. The molecule has 3 rings (SSSR count). The van der Waals surface area contributed by atoms with E-state index in [4.69, 9.17) is 0 Å². The molecule has 1 aromatic carbocycles. The van der Waals surface area contributed by atoms with Crippen molar-refractivity contribution in [1.29, 1.82) is 0 Å². The van der Waals surface area contributed by atoms with Crippen LogP contribution in [0.5, 0.6) is 0 Å². The van der Waals surface area contributed by atoms with Crippen LogP contribution in [0.3, 0.4) is 0 Å². The molecule has 0 aliphatic carbocycles. The number of hydrogen-bond donors (Lipinski definition) is 4. The number of amides is 3. The van der Waals surface area contributed by atoms with E-state index in [-0.39, 0.29) is 24.8 Å². The zero-order valence-electron chi connectivity index (χ0n) is 19.2. The molecule has 1 aliphatic heterocycles. The third-order valence-corrected chi connectivity index (χ3v) is 5.78. The average Bonchev–Trinajstić information content (AvgIpc) is 3.22. The van der Waals surface area contributed by atoms with Gasteiger partial charge in [0.2, 0.25) is 5.91 Å². The van der Waals surface area contributed by atoms with Crippen LogP contribution < -0.4 is 10.6 Å². The Morgan fingerprint density at radius 2 is 1.94 bits per heavy atom. The number of aliphatic hydroxyl groups excluding tert-OH is 1. The molecular formula is C24H29FN4O4. The number of aromatic amines is 1. The first-order valence-corrected chi connectivity index (χ1v) is 10.9. The number of carbonyl (C=O) groups excluding carboxylic acids is 3. The van der Waals surface area contributed by atoms with Crippen LogP contribution in [-0.2, 0) is 9.59 Å². The molecule has 8 nitrogen and oxygen atoms in total. The molecule has 0 saturated carbocycles. The molecule has 0 saturated heterocycles. The number of aromatic nitrogens is 1. The van der Waals surface area contributed by atoms with Crippen LogP contribution in [-0.4, -0.2) is 58.5 Å². The first kappa shape index (κ1) is 24.2. The fraction of sp³-hybridized carbons (Fsp3) is 0.375. The summed E-state index contributed by atoms with van der Waals surface area (Å²) in [6.07, 6.45) is 0.518. The van der Waals surface area contributed by atoms with Crippen LogP contribution in [0.4, 0.5) is 10.1 Å². The van der Waals surface area contributed by atoms with Gasteiger partial charge in [-0.2, -0.15) is 0 Å². The van der Waals surface area contributed by atoms with E-state index >= 15 is 0 Å². The van der Waals surface area contributed by atoms with Crippen molar-refractivity contribution in [3.8, 4) is 0 Å². The van der Waals surface area contributed by atoms with Crippen LogP contribution in [0.25, 0.3) is 11.6 Å². The van der Waals surface area contributed by atoms with E-state index in [9.17, 15) is 23.9 Å². The summed E-state index contributed by atoms with van der Waals surface area (Å²) in [5, 5.41) is 15.5. The Morgan fingerprint density at radius 3 is 2.61 bits per heavy atom. The number of benzene rings is 1. The summed E-state index contributed by atoms with van der Waals surface area (Å²) in [5.41, 5.74) is 3.43. The molecule has 1 unspecified atom stereocenters. The smallest absolute Gasteiger partial charge is 0.256 e. The van der Waals surface area contributed by atoms with E-state index in [1.165, 1.54) is 18.2 Å². The van der Waals surface area contributed by atoms with Gasteiger partial charge >= 0.3 is 0 Å². The number of hydrogen-bond acceptors (Lipinski definition) is 4. The Balaban J connectivity index is 1.74. The SMILES string of the molecule is CCN(CC)C(=O)CC(O)CNC(=O)c1c(C)[nH]c(C=C2C(=O)Nc3ccc(F)cc32)c1C. The van der Waals surface area contributed by atoms with E-state index in [1.54, 1.807) is 24.8 Å². The number of fused-ring (bicyclic) bond motifs is 1. The lowest BCUT2D eigenvalue weighted by atomic mass is 10.0. The summed E-state index contributed by atoms with van der Waals surface area (Å²) in [4.78, 5) is 42.0.